The molecule has 4 aromatic rings. The van der Waals surface area contributed by atoms with Crippen molar-refractivity contribution in [1.29, 1.82) is 0 Å². The average Bonchev–Trinajstić information content (AvgIpc) is 3.40. The first-order chi connectivity index (χ1) is 13.8. The lowest BCUT2D eigenvalue weighted by Gasteiger charge is -2.08. The Balaban J connectivity index is 1.63. The van der Waals surface area contributed by atoms with Crippen molar-refractivity contribution >= 4 is 17.4 Å². The Morgan fingerprint density at radius 1 is 1.21 bits per heavy atom. The molecule has 0 spiro atoms. The minimum absolute atomic E-state index is 0.0977. The third-order valence-corrected chi connectivity index (χ3v) is 4.26. The number of aliphatic hydroxyl groups excluding tert-OH is 1. The second-order valence-corrected chi connectivity index (χ2v) is 6.11. The van der Waals surface area contributed by atoms with Crippen molar-refractivity contribution in [2.45, 2.75) is 6.54 Å². The van der Waals surface area contributed by atoms with E-state index in [-0.39, 0.29) is 19.1 Å². The average molecular weight is 377 g/mol. The van der Waals surface area contributed by atoms with Crippen LogP contribution in [-0.4, -0.2) is 38.5 Å². The van der Waals surface area contributed by atoms with E-state index in [1.165, 1.54) is 0 Å². The number of furan rings is 1. The minimum atomic E-state index is -0.229. The summed E-state index contributed by atoms with van der Waals surface area (Å²) in [6.07, 6.45) is 6.90. The maximum Gasteiger partial charge on any atom is 0.251 e. The molecule has 8 nitrogen and oxygen atoms in total. The molecule has 0 bridgehead atoms. The van der Waals surface area contributed by atoms with Crippen molar-refractivity contribution in [3.8, 4) is 11.3 Å². The van der Waals surface area contributed by atoms with Gasteiger partial charge in [-0.3, -0.25) is 9.20 Å². The summed E-state index contributed by atoms with van der Waals surface area (Å²) >= 11 is 0. The summed E-state index contributed by atoms with van der Waals surface area (Å²) in [7, 11) is 0. The first-order valence-corrected chi connectivity index (χ1v) is 8.84. The van der Waals surface area contributed by atoms with Crippen LogP contribution in [0.5, 0.6) is 0 Å². The van der Waals surface area contributed by atoms with Gasteiger partial charge in [0.1, 0.15) is 5.76 Å². The van der Waals surface area contributed by atoms with Gasteiger partial charge in [-0.2, -0.15) is 0 Å². The van der Waals surface area contributed by atoms with E-state index in [4.69, 9.17) is 9.52 Å². The van der Waals surface area contributed by atoms with Crippen LogP contribution in [0.1, 0.15) is 16.1 Å². The first-order valence-electron chi connectivity index (χ1n) is 8.84. The van der Waals surface area contributed by atoms with Crippen LogP contribution in [0, 0.1) is 0 Å². The van der Waals surface area contributed by atoms with Gasteiger partial charge in [-0.1, -0.05) is 12.1 Å². The molecule has 8 heteroatoms. The number of imidazole rings is 1. The Labute approximate surface area is 160 Å². The minimum Gasteiger partial charge on any atom is -0.467 e. The molecule has 3 aromatic heterocycles. The number of carbonyl (C=O) groups is 1. The van der Waals surface area contributed by atoms with Crippen LogP contribution in [0.3, 0.4) is 0 Å². The molecule has 0 aliphatic heterocycles. The smallest absolute Gasteiger partial charge is 0.251 e. The van der Waals surface area contributed by atoms with Crippen LogP contribution in [0.15, 0.2) is 65.7 Å². The SMILES string of the molecule is O=C(NCCO)c1cccc(-c2cnc3c(NCc4ccco4)nccn23)c1. The standard InChI is InChI=1S/C20H19N5O3/c26-9-7-22-20(27)15-4-1-3-14(11-15)17-13-24-19-18(21-6-8-25(17)19)23-12-16-5-2-10-28-16/h1-6,8,10-11,13,26H,7,9,12H2,(H,21,23)(H,22,27). The zero-order valence-electron chi connectivity index (χ0n) is 15.0. The lowest BCUT2D eigenvalue weighted by Crippen LogP contribution is -2.26. The molecule has 0 unspecified atom stereocenters. The quantitative estimate of drug-likeness (QED) is 0.457. The summed E-state index contributed by atoms with van der Waals surface area (Å²) in [4.78, 5) is 21.0. The Hall–Kier alpha value is -3.65. The highest BCUT2D eigenvalue weighted by molar-refractivity contribution is 5.95. The van der Waals surface area contributed by atoms with Crippen LogP contribution in [0.4, 0.5) is 5.82 Å². The van der Waals surface area contributed by atoms with Crippen molar-refractivity contribution in [3.63, 3.8) is 0 Å². The first kappa shape index (κ1) is 17.7. The summed E-state index contributed by atoms with van der Waals surface area (Å²) < 4.78 is 7.25. The molecule has 3 heterocycles. The van der Waals surface area contributed by atoms with Gasteiger partial charge in [-0.25, -0.2) is 9.97 Å². The van der Waals surface area contributed by atoms with E-state index in [1.807, 2.05) is 34.9 Å². The fourth-order valence-corrected chi connectivity index (χ4v) is 2.93. The number of nitrogens with zero attached hydrogens (tertiary/aromatic N) is 3. The lowest BCUT2D eigenvalue weighted by molar-refractivity contribution is 0.0945. The van der Waals surface area contributed by atoms with Crippen molar-refractivity contribution in [3.05, 3.63) is 72.6 Å². The molecule has 0 aliphatic rings. The van der Waals surface area contributed by atoms with E-state index in [1.54, 1.807) is 30.8 Å². The van der Waals surface area contributed by atoms with Gasteiger partial charge in [0.15, 0.2) is 11.5 Å². The molecule has 1 amide bonds. The monoisotopic (exact) mass is 377 g/mol. The highest BCUT2D eigenvalue weighted by atomic mass is 16.3. The van der Waals surface area contributed by atoms with Gasteiger partial charge in [-0.05, 0) is 24.3 Å². The number of carbonyl (C=O) groups excluding carboxylic acids is 1. The van der Waals surface area contributed by atoms with Crippen LogP contribution in [0.25, 0.3) is 16.9 Å². The van der Waals surface area contributed by atoms with E-state index in [9.17, 15) is 4.79 Å². The number of anilines is 1. The number of nitrogens with one attached hydrogen (secondary N) is 2. The molecule has 142 valence electrons. The van der Waals surface area contributed by atoms with Crippen LogP contribution in [0.2, 0.25) is 0 Å². The van der Waals surface area contributed by atoms with Crippen LogP contribution >= 0.6 is 0 Å². The summed E-state index contributed by atoms with van der Waals surface area (Å²) in [6, 6.07) is 11.0. The molecule has 0 aliphatic carbocycles. The van der Waals surface area contributed by atoms with Gasteiger partial charge in [0, 0.05) is 30.1 Å². The number of rotatable bonds is 7. The van der Waals surface area contributed by atoms with Crippen molar-refractivity contribution in [1.82, 2.24) is 19.7 Å². The van der Waals surface area contributed by atoms with E-state index in [0.29, 0.717) is 23.6 Å². The summed E-state index contributed by atoms with van der Waals surface area (Å²) in [5.41, 5.74) is 2.90. The van der Waals surface area contributed by atoms with Gasteiger partial charge in [-0.15, -0.1) is 0 Å². The van der Waals surface area contributed by atoms with E-state index < -0.39 is 0 Å². The molecule has 3 N–H and O–H groups in total. The molecular weight excluding hydrogens is 358 g/mol. The molecular formula is C20H19N5O3. The third-order valence-electron chi connectivity index (χ3n) is 4.26. The molecule has 0 radical (unpaired) electrons. The number of benzene rings is 1. The fraction of sp³-hybridized carbons (Fsp3) is 0.150. The normalized spacial score (nSPS) is 10.9. The fourth-order valence-electron chi connectivity index (χ4n) is 2.93. The van der Waals surface area contributed by atoms with Crippen molar-refractivity contribution in [2.24, 2.45) is 0 Å². The molecule has 4 rings (SSSR count). The predicted octanol–water partition coefficient (Wildman–Crippen LogP) is 2.32. The predicted molar refractivity (Wildman–Crippen MR) is 104 cm³/mol. The third kappa shape index (κ3) is 3.58. The molecule has 1 aromatic carbocycles. The molecule has 0 atom stereocenters. The van der Waals surface area contributed by atoms with Crippen LogP contribution in [-0.2, 0) is 6.54 Å². The van der Waals surface area contributed by atoms with Crippen molar-refractivity contribution in [2.75, 3.05) is 18.5 Å². The van der Waals surface area contributed by atoms with E-state index in [2.05, 4.69) is 20.6 Å². The summed E-state index contributed by atoms with van der Waals surface area (Å²) in [5.74, 6) is 1.21. The van der Waals surface area contributed by atoms with E-state index >= 15 is 0 Å². The van der Waals surface area contributed by atoms with Crippen molar-refractivity contribution < 1.29 is 14.3 Å². The van der Waals surface area contributed by atoms with Gasteiger partial charge in [0.2, 0.25) is 0 Å². The van der Waals surface area contributed by atoms with Gasteiger partial charge < -0.3 is 20.2 Å². The summed E-state index contributed by atoms with van der Waals surface area (Å²) in [5, 5.41) is 14.8. The number of amides is 1. The number of hydrogen-bond donors (Lipinski definition) is 3. The Bertz CT molecular complexity index is 1090. The Morgan fingerprint density at radius 3 is 2.96 bits per heavy atom. The Morgan fingerprint density at radius 2 is 2.14 bits per heavy atom. The van der Waals surface area contributed by atoms with E-state index in [0.717, 1.165) is 17.0 Å². The maximum absolute atomic E-state index is 12.2. The number of fused-ring (bicyclic) bond motifs is 1. The number of aliphatic hydroxyl groups is 1. The highest BCUT2D eigenvalue weighted by Gasteiger charge is 2.12. The van der Waals surface area contributed by atoms with Gasteiger partial charge in [0.25, 0.3) is 5.91 Å². The lowest BCUT2D eigenvalue weighted by atomic mass is 10.1. The molecule has 0 saturated carbocycles. The zero-order valence-corrected chi connectivity index (χ0v) is 15.0. The Kier molecular flexibility index (Phi) is 5.03. The van der Waals surface area contributed by atoms with Gasteiger partial charge in [0.05, 0.1) is 31.3 Å². The molecule has 28 heavy (non-hydrogen) atoms. The second-order valence-electron chi connectivity index (χ2n) is 6.11. The molecule has 0 fully saturated rings. The van der Waals surface area contributed by atoms with Gasteiger partial charge >= 0.3 is 0 Å². The topological polar surface area (TPSA) is 105 Å². The number of hydrogen-bond acceptors (Lipinski definition) is 6. The largest absolute Gasteiger partial charge is 0.467 e. The maximum atomic E-state index is 12.2. The highest BCUT2D eigenvalue weighted by Crippen LogP contribution is 2.24. The molecule has 0 saturated heterocycles. The van der Waals surface area contributed by atoms with Crippen LogP contribution < -0.4 is 10.6 Å². The second kappa shape index (κ2) is 7.93. The number of aromatic nitrogens is 3. The summed E-state index contributed by atoms with van der Waals surface area (Å²) in [6.45, 7) is 0.622. The zero-order chi connectivity index (χ0) is 19.3.